The Kier molecular flexibility index (Phi) is 9.83. The molecule has 0 spiro atoms. The summed E-state index contributed by atoms with van der Waals surface area (Å²) in [6.07, 6.45) is -2.16. The van der Waals surface area contributed by atoms with E-state index in [0.717, 1.165) is 21.9 Å². The van der Waals surface area contributed by atoms with Crippen molar-refractivity contribution in [3.05, 3.63) is 104 Å². The first-order valence-electron chi connectivity index (χ1n) is 12.3. The quantitative estimate of drug-likeness (QED) is 0.328. The summed E-state index contributed by atoms with van der Waals surface area (Å²) in [7, 11) is 0. The Hall–Kier alpha value is -3.84. The molecule has 1 aliphatic rings. The Morgan fingerprint density at radius 2 is 1.77 bits per heavy atom. The lowest BCUT2D eigenvalue weighted by Crippen LogP contribution is -2.38. The molecule has 2 aromatic carbocycles. The van der Waals surface area contributed by atoms with Gasteiger partial charge in [0.15, 0.2) is 0 Å². The Balaban J connectivity index is 1.36. The van der Waals surface area contributed by atoms with Gasteiger partial charge in [-0.1, -0.05) is 54.1 Å². The second-order valence-electron chi connectivity index (χ2n) is 9.07. The van der Waals surface area contributed by atoms with Crippen molar-refractivity contribution in [2.75, 3.05) is 6.61 Å². The molecular weight excluding hydrogens is 549 g/mol. The summed E-state index contributed by atoms with van der Waals surface area (Å²) in [5, 5.41) is 0.553. The molecule has 0 aliphatic carbocycles. The molecular formula is C27H27ClFN3O8. The molecule has 3 N–H and O–H groups in total. The third kappa shape index (κ3) is 7.85. The van der Waals surface area contributed by atoms with Crippen molar-refractivity contribution in [3.63, 3.8) is 0 Å². The molecule has 11 nitrogen and oxygen atoms in total. The molecule has 0 saturated carbocycles. The van der Waals surface area contributed by atoms with Crippen LogP contribution < -0.4 is 17.0 Å². The van der Waals surface area contributed by atoms with Crippen LogP contribution in [-0.2, 0) is 41.8 Å². The largest absolute Gasteiger partial charge is 0.462 e. The maximum absolute atomic E-state index is 13.9. The first-order chi connectivity index (χ1) is 19.2. The van der Waals surface area contributed by atoms with Crippen LogP contribution in [0.4, 0.5) is 4.39 Å². The number of carbonyl (C=O) groups is 2. The lowest BCUT2D eigenvalue weighted by molar-refractivity contribution is -0.157. The SMILES string of the molecule is NC(CC(=O)OCc1ccccc1)C(=O)OC[C@H]1O[C@@H](n2cc(F)c(=O)[nH]c2=O)C[C@@H]1OCc1ccc(Cl)cc1. The average Bonchev–Trinajstić information content (AvgIpc) is 3.35. The van der Waals surface area contributed by atoms with E-state index >= 15 is 0 Å². The van der Waals surface area contributed by atoms with Crippen LogP contribution in [-0.4, -0.2) is 46.3 Å². The number of nitrogens with zero attached hydrogens (tertiary/aromatic N) is 1. The fraction of sp³-hybridized carbons (Fsp3) is 0.333. The minimum absolute atomic E-state index is 0.0378. The second-order valence-corrected chi connectivity index (χ2v) is 9.51. The number of hydrogen-bond acceptors (Lipinski definition) is 9. The van der Waals surface area contributed by atoms with Gasteiger partial charge in [0.2, 0.25) is 5.82 Å². The van der Waals surface area contributed by atoms with Crippen LogP contribution in [0.1, 0.15) is 30.2 Å². The van der Waals surface area contributed by atoms with E-state index in [0.29, 0.717) is 5.02 Å². The average molecular weight is 576 g/mol. The summed E-state index contributed by atoms with van der Waals surface area (Å²) in [5.41, 5.74) is 5.40. The maximum atomic E-state index is 13.9. The van der Waals surface area contributed by atoms with Crippen molar-refractivity contribution in [1.29, 1.82) is 0 Å². The molecule has 40 heavy (non-hydrogen) atoms. The summed E-state index contributed by atoms with van der Waals surface area (Å²) >= 11 is 5.92. The Morgan fingerprint density at radius 1 is 1.07 bits per heavy atom. The number of hydrogen-bond donors (Lipinski definition) is 2. The van der Waals surface area contributed by atoms with Crippen LogP contribution in [0, 0.1) is 5.82 Å². The topological polar surface area (TPSA) is 152 Å². The molecule has 1 aliphatic heterocycles. The highest BCUT2D eigenvalue weighted by Crippen LogP contribution is 2.31. The van der Waals surface area contributed by atoms with Crippen LogP contribution in [0.3, 0.4) is 0 Å². The number of ether oxygens (including phenoxy) is 4. The van der Waals surface area contributed by atoms with Crippen LogP contribution >= 0.6 is 11.6 Å². The highest BCUT2D eigenvalue weighted by atomic mass is 35.5. The lowest BCUT2D eigenvalue weighted by atomic mass is 10.1. The molecule has 0 amide bonds. The van der Waals surface area contributed by atoms with E-state index < -0.39 is 59.9 Å². The fourth-order valence-corrected chi connectivity index (χ4v) is 4.11. The third-order valence-electron chi connectivity index (χ3n) is 6.11. The standard InChI is InChI=1S/C27H27ClFN3O8/c28-18-8-6-17(7-9-18)13-37-21-11-23(32-12-19(29)25(34)31-27(32)36)40-22(21)15-39-26(35)20(30)10-24(33)38-14-16-4-2-1-3-5-16/h1-9,12,20-23H,10-11,13-15,30H2,(H,31,34,36)/t20?,21-,22+,23+/m0/s1. The number of halogens is 2. The Morgan fingerprint density at radius 3 is 2.50 bits per heavy atom. The van der Waals surface area contributed by atoms with Crippen LogP contribution in [0.25, 0.3) is 0 Å². The van der Waals surface area contributed by atoms with Gasteiger partial charge >= 0.3 is 17.6 Å². The van der Waals surface area contributed by atoms with Crippen LogP contribution in [0.15, 0.2) is 70.4 Å². The van der Waals surface area contributed by atoms with Gasteiger partial charge in [-0.15, -0.1) is 0 Å². The predicted octanol–water partition coefficient (Wildman–Crippen LogP) is 2.21. The van der Waals surface area contributed by atoms with Crippen molar-refractivity contribution in [1.82, 2.24) is 9.55 Å². The minimum Gasteiger partial charge on any atom is -0.462 e. The van der Waals surface area contributed by atoms with Crippen molar-refractivity contribution >= 4 is 23.5 Å². The molecule has 1 saturated heterocycles. The monoisotopic (exact) mass is 575 g/mol. The van der Waals surface area contributed by atoms with Gasteiger partial charge in [-0.05, 0) is 23.3 Å². The zero-order valence-electron chi connectivity index (χ0n) is 21.2. The van der Waals surface area contributed by atoms with Crippen LogP contribution in [0.2, 0.25) is 5.02 Å². The van der Waals surface area contributed by atoms with Crippen LogP contribution in [0.5, 0.6) is 0 Å². The molecule has 13 heteroatoms. The molecule has 3 aromatic rings. The molecule has 0 bridgehead atoms. The van der Waals surface area contributed by atoms with Gasteiger partial charge in [0.25, 0.3) is 5.56 Å². The van der Waals surface area contributed by atoms with E-state index in [-0.39, 0.29) is 26.2 Å². The van der Waals surface area contributed by atoms with E-state index in [9.17, 15) is 23.6 Å². The van der Waals surface area contributed by atoms with E-state index in [4.69, 9.17) is 36.3 Å². The van der Waals surface area contributed by atoms with Gasteiger partial charge in [-0.25, -0.2) is 4.79 Å². The van der Waals surface area contributed by atoms with Crippen molar-refractivity contribution in [2.24, 2.45) is 5.73 Å². The summed E-state index contributed by atoms with van der Waals surface area (Å²) in [6.45, 7) is -0.145. The summed E-state index contributed by atoms with van der Waals surface area (Å²) < 4.78 is 37.1. The first-order valence-corrected chi connectivity index (χ1v) is 12.7. The predicted molar refractivity (Wildman–Crippen MR) is 140 cm³/mol. The molecule has 4 rings (SSSR count). The summed E-state index contributed by atoms with van der Waals surface area (Å²) in [5.74, 6) is -2.71. The van der Waals surface area contributed by atoms with Crippen molar-refractivity contribution in [3.8, 4) is 0 Å². The highest BCUT2D eigenvalue weighted by Gasteiger charge is 2.39. The van der Waals surface area contributed by atoms with E-state index in [1.807, 2.05) is 11.1 Å². The van der Waals surface area contributed by atoms with Gasteiger partial charge < -0.3 is 24.7 Å². The summed E-state index contributed by atoms with van der Waals surface area (Å²) in [6, 6.07) is 14.7. The van der Waals surface area contributed by atoms with Gasteiger partial charge in [0.1, 0.15) is 31.6 Å². The smallest absolute Gasteiger partial charge is 0.330 e. The molecule has 2 heterocycles. The number of benzene rings is 2. The second kappa shape index (κ2) is 13.5. The molecule has 0 radical (unpaired) electrons. The number of aromatic nitrogens is 2. The van der Waals surface area contributed by atoms with Crippen molar-refractivity contribution < 1.29 is 32.9 Å². The first kappa shape index (κ1) is 29.2. The van der Waals surface area contributed by atoms with Crippen molar-refractivity contribution in [2.45, 2.75) is 50.5 Å². The van der Waals surface area contributed by atoms with Gasteiger partial charge in [-0.2, -0.15) is 4.39 Å². The Bertz CT molecular complexity index is 1430. The number of nitrogens with one attached hydrogen (secondary N) is 1. The number of H-pyrrole nitrogens is 1. The van der Waals surface area contributed by atoms with E-state index in [1.54, 1.807) is 48.5 Å². The third-order valence-corrected chi connectivity index (χ3v) is 6.37. The van der Waals surface area contributed by atoms with Gasteiger partial charge in [0.05, 0.1) is 25.3 Å². The van der Waals surface area contributed by atoms with Gasteiger partial charge in [-0.3, -0.25) is 23.9 Å². The number of esters is 2. The number of aromatic amines is 1. The highest BCUT2D eigenvalue weighted by molar-refractivity contribution is 6.30. The molecule has 212 valence electrons. The maximum Gasteiger partial charge on any atom is 0.330 e. The molecule has 1 fully saturated rings. The number of rotatable bonds is 11. The minimum atomic E-state index is -1.29. The van der Waals surface area contributed by atoms with E-state index in [2.05, 4.69) is 0 Å². The Labute approximate surface area is 232 Å². The molecule has 4 atom stereocenters. The summed E-state index contributed by atoms with van der Waals surface area (Å²) in [4.78, 5) is 50.2. The van der Waals surface area contributed by atoms with Gasteiger partial charge in [0, 0.05) is 11.4 Å². The molecule has 1 unspecified atom stereocenters. The lowest BCUT2D eigenvalue weighted by Gasteiger charge is -2.20. The molecule has 1 aromatic heterocycles. The number of carbonyl (C=O) groups excluding carboxylic acids is 2. The zero-order chi connectivity index (χ0) is 28.6. The normalized spacial score (nSPS) is 19.2. The zero-order valence-corrected chi connectivity index (χ0v) is 21.9. The fourth-order valence-electron chi connectivity index (χ4n) is 3.99. The number of nitrogens with two attached hydrogens (primary N) is 1. The van der Waals surface area contributed by atoms with E-state index in [1.165, 1.54) is 0 Å².